The molecule has 0 spiro atoms. The molecule has 0 radical (unpaired) electrons. The number of pyridine rings is 1. The Balaban J connectivity index is 1.66. The summed E-state index contributed by atoms with van der Waals surface area (Å²) < 4.78 is 13.2. The lowest BCUT2D eigenvalue weighted by Gasteiger charge is -2.30. The van der Waals surface area contributed by atoms with Crippen molar-refractivity contribution >= 4 is 23.0 Å². The fraction of sp³-hybridized carbons (Fsp3) is 0.333. The second-order valence-electron chi connectivity index (χ2n) is 6.04. The number of benzene rings is 1. The van der Waals surface area contributed by atoms with E-state index in [1.807, 2.05) is 24.3 Å². The first-order chi connectivity index (χ1) is 11.2. The van der Waals surface area contributed by atoms with Gasteiger partial charge in [0.05, 0.1) is 0 Å². The van der Waals surface area contributed by atoms with Crippen LogP contribution in [0.3, 0.4) is 0 Å². The number of anilines is 1. The van der Waals surface area contributed by atoms with Crippen LogP contribution in [-0.2, 0) is 5.41 Å². The first kappa shape index (κ1) is 15.9. The molecule has 0 atom stereocenters. The second-order valence-corrected chi connectivity index (χ2v) is 6.45. The summed E-state index contributed by atoms with van der Waals surface area (Å²) >= 11 is 5.39. The largest absolute Gasteiger partial charge is 0.362 e. The summed E-state index contributed by atoms with van der Waals surface area (Å²) in [5.74, 6) is -0.190. The summed E-state index contributed by atoms with van der Waals surface area (Å²) in [5, 5.41) is 7.10. The van der Waals surface area contributed by atoms with Crippen LogP contribution < -0.4 is 10.6 Å². The van der Waals surface area contributed by atoms with E-state index in [0.29, 0.717) is 5.11 Å². The van der Waals surface area contributed by atoms with Gasteiger partial charge in [-0.25, -0.2) is 4.39 Å². The van der Waals surface area contributed by atoms with E-state index in [2.05, 4.69) is 15.6 Å². The van der Waals surface area contributed by atoms with Crippen molar-refractivity contribution in [3.8, 4) is 0 Å². The number of thiocarbonyl (C=S) groups is 1. The van der Waals surface area contributed by atoms with Crippen LogP contribution in [0.15, 0.2) is 48.8 Å². The van der Waals surface area contributed by atoms with E-state index in [1.165, 1.54) is 18.4 Å². The number of nitrogens with one attached hydrogen (secondary N) is 2. The normalized spacial score (nSPS) is 16.0. The van der Waals surface area contributed by atoms with E-state index < -0.39 is 0 Å². The summed E-state index contributed by atoms with van der Waals surface area (Å²) in [5.41, 5.74) is 2.15. The molecule has 2 aromatic rings. The molecule has 3 nitrogen and oxygen atoms in total. The minimum atomic E-state index is -0.190. The zero-order valence-electron chi connectivity index (χ0n) is 12.9. The molecule has 0 aliphatic heterocycles. The van der Waals surface area contributed by atoms with Crippen LogP contribution in [0.4, 0.5) is 10.1 Å². The molecule has 1 saturated carbocycles. The summed E-state index contributed by atoms with van der Waals surface area (Å²) in [6, 6.07) is 10.6. The fourth-order valence-electron chi connectivity index (χ4n) is 3.28. The highest BCUT2D eigenvalue weighted by Gasteiger charge is 2.35. The zero-order chi connectivity index (χ0) is 16.1. The molecule has 0 amide bonds. The van der Waals surface area contributed by atoms with Gasteiger partial charge in [-0.15, -0.1) is 0 Å². The number of halogens is 1. The number of hydrogen-bond donors (Lipinski definition) is 2. The topological polar surface area (TPSA) is 37.0 Å². The van der Waals surface area contributed by atoms with Crippen LogP contribution in [-0.4, -0.2) is 16.6 Å². The van der Waals surface area contributed by atoms with Gasteiger partial charge in [-0.1, -0.05) is 25.0 Å². The van der Waals surface area contributed by atoms with Gasteiger partial charge in [0, 0.05) is 30.0 Å². The van der Waals surface area contributed by atoms with Crippen LogP contribution >= 0.6 is 12.2 Å². The Hall–Kier alpha value is -2.01. The van der Waals surface area contributed by atoms with Crippen molar-refractivity contribution in [2.24, 2.45) is 0 Å². The van der Waals surface area contributed by atoms with Gasteiger partial charge < -0.3 is 10.6 Å². The number of aromatic nitrogens is 1. The summed E-state index contributed by atoms with van der Waals surface area (Å²) in [7, 11) is 0. The SMILES string of the molecule is Fc1ccc(C2(CNC(=S)Nc3ccncc3)CCCC2)cc1. The third kappa shape index (κ3) is 3.85. The van der Waals surface area contributed by atoms with Crippen LogP contribution in [0, 0.1) is 5.82 Å². The zero-order valence-corrected chi connectivity index (χ0v) is 13.7. The first-order valence-corrected chi connectivity index (χ1v) is 8.30. The standard InChI is InChI=1S/C18H20FN3S/c19-15-5-3-14(4-6-15)18(9-1-2-10-18)13-21-17(23)22-16-7-11-20-12-8-16/h3-8,11-12H,1-2,9-10,13H2,(H2,20,21,22,23). The third-order valence-corrected chi connectivity index (χ3v) is 4.79. The Morgan fingerprint density at radius 2 is 1.74 bits per heavy atom. The van der Waals surface area contributed by atoms with Gasteiger partial charge in [-0.3, -0.25) is 4.98 Å². The smallest absolute Gasteiger partial charge is 0.170 e. The molecule has 3 rings (SSSR count). The molecule has 23 heavy (non-hydrogen) atoms. The molecule has 1 fully saturated rings. The Morgan fingerprint density at radius 1 is 1.09 bits per heavy atom. The fourth-order valence-corrected chi connectivity index (χ4v) is 3.47. The summed E-state index contributed by atoms with van der Waals surface area (Å²) in [6.45, 7) is 0.759. The monoisotopic (exact) mass is 329 g/mol. The molecule has 0 unspecified atom stereocenters. The van der Waals surface area contributed by atoms with Crippen molar-refractivity contribution in [3.05, 3.63) is 60.2 Å². The van der Waals surface area contributed by atoms with Crippen LogP contribution in [0.2, 0.25) is 0 Å². The average molecular weight is 329 g/mol. The van der Waals surface area contributed by atoms with Gasteiger partial charge in [0.15, 0.2) is 5.11 Å². The first-order valence-electron chi connectivity index (χ1n) is 7.89. The van der Waals surface area contributed by atoms with Crippen molar-refractivity contribution < 1.29 is 4.39 Å². The maximum atomic E-state index is 13.2. The van der Waals surface area contributed by atoms with Crippen molar-refractivity contribution in [1.29, 1.82) is 0 Å². The van der Waals surface area contributed by atoms with E-state index in [1.54, 1.807) is 24.5 Å². The lowest BCUT2D eigenvalue weighted by atomic mass is 9.79. The molecule has 5 heteroatoms. The minimum Gasteiger partial charge on any atom is -0.362 e. The molecule has 1 aliphatic rings. The lowest BCUT2D eigenvalue weighted by molar-refractivity contribution is 0.434. The highest BCUT2D eigenvalue weighted by atomic mass is 32.1. The predicted molar refractivity (Wildman–Crippen MR) is 95.0 cm³/mol. The molecule has 1 aromatic heterocycles. The second kappa shape index (κ2) is 7.04. The van der Waals surface area contributed by atoms with Crippen molar-refractivity contribution in [1.82, 2.24) is 10.3 Å². The quantitative estimate of drug-likeness (QED) is 0.831. The van der Waals surface area contributed by atoms with Crippen LogP contribution in [0.5, 0.6) is 0 Å². The highest BCUT2D eigenvalue weighted by molar-refractivity contribution is 7.80. The minimum absolute atomic E-state index is 0.0394. The molecule has 1 aliphatic carbocycles. The van der Waals surface area contributed by atoms with E-state index in [-0.39, 0.29) is 11.2 Å². The van der Waals surface area contributed by atoms with E-state index in [9.17, 15) is 4.39 Å². The van der Waals surface area contributed by atoms with Gasteiger partial charge >= 0.3 is 0 Å². The Morgan fingerprint density at radius 3 is 2.39 bits per heavy atom. The van der Waals surface area contributed by atoms with Crippen molar-refractivity contribution in [2.45, 2.75) is 31.1 Å². The van der Waals surface area contributed by atoms with Gasteiger partial charge in [-0.2, -0.15) is 0 Å². The number of rotatable bonds is 4. The molecule has 120 valence electrons. The van der Waals surface area contributed by atoms with Gasteiger partial charge in [0.25, 0.3) is 0 Å². The summed E-state index contributed by atoms with van der Waals surface area (Å²) in [4.78, 5) is 3.99. The molecule has 0 saturated heterocycles. The van der Waals surface area contributed by atoms with Crippen molar-refractivity contribution in [3.63, 3.8) is 0 Å². The Labute approximate surface area is 141 Å². The van der Waals surface area contributed by atoms with Crippen molar-refractivity contribution in [2.75, 3.05) is 11.9 Å². The van der Waals surface area contributed by atoms with E-state index in [4.69, 9.17) is 12.2 Å². The van der Waals surface area contributed by atoms with Crippen LogP contribution in [0.1, 0.15) is 31.2 Å². The molecule has 2 N–H and O–H groups in total. The Bertz CT molecular complexity index is 652. The van der Waals surface area contributed by atoms with Gasteiger partial charge in [0.2, 0.25) is 0 Å². The average Bonchev–Trinajstić information content (AvgIpc) is 3.05. The molecule has 1 aromatic carbocycles. The van der Waals surface area contributed by atoms with E-state index in [0.717, 1.165) is 25.1 Å². The van der Waals surface area contributed by atoms with E-state index >= 15 is 0 Å². The molecule has 1 heterocycles. The predicted octanol–water partition coefficient (Wildman–Crippen LogP) is 4.02. The number of hydrogen-bond acceptors (Lipinski definition) is 2. The maximum absolute atomic E-state index is 13.2. The van der Waals surface area contributed by atoms with Gasteiger partial charge in [0.1, 0.15) is 5.82 Å². The molecule has 0 bridgehead atoms. The van der Waals surface area contributed by atoms with Crippen LogP contribution in [0.25, 0.3) is 0 Å². The highest BCUT2D eigenvalue weighted by Crippen LogP contribution is 2.40. The number of nitrogens with zero attached hydrogens (tertiary/aromatic N) is 1. The van der Waals surface area contributed by atoms with Gasteiger partial charge in [-0.05, 0) is 54.9 Å². The lowest BCUT2D eigenvalue weighted by Crippen LogP contribution is -2.40. The maximum Gasteiger partial charge on any atom is 0.170 e. The third-order valence-electron chi connectivity index (χ3n) is 4.54. The Kier molecular flexibility index (Phi) is 4.86. The molecular weight excluding hydrogens is 309 g/mol. The molecular formula is C18H20FN3S. The summed E-state index contributed by atoms with van der Waals surface area (Å²) in [6.07, 6.45) is 8.05.